The topological polar surface area (TPSA) is 70.8 Å². The van der Waals surface area contributed by atoms with E-state index >= 15 is 0 Å². The molecule has 0 unspecified atom stereocenters. The van der Waals surface area contributed by atoms with Gasteiger partial charge in [0, 0.05) is 6.54 Å². The Labute approximate surface area is 100 Å². The van der Waals surface area contributed by atoms with Gasteiger partial charge < -0.3 is 19.9 Å². The zero-order valence-corrected chi connectivity index (χ0v) is 10.1. The van der Waals surface area contributed by atoms with E-state index in [0.29, 0.717) is 24.7 Å². The summed E-state index contributed by atoms with van der Waals surface area (Å²) in [5.41, 5.74) is 6.17. The highest BCUT2D eigenvalue weighted by molar-refractivity contribution is 5.72. The van der Waals surface area contributed by atoms with Crippen molar-refractivity contribution in [3.63, 3.8) is 0 Å². The maximum absolute atomic E-state index is 11.1. The molecule has 0 aliphatic heterocycles. The monoisotopic (exact) mass is 239 g/mol. The van der Waals surface area contributed by atoms with Gasteiger partial charge in [-0.25, -0.2) is 0 Å². The van der Waals surface area contributed by atoms with Crippen molar-refractivity contribution in [3.8, 4) is 11.5 Å². The fourth-order valence-electron chi connectivity index (χ4n) is 1.35. The Morgan fingerprint density at radius 3 is 2.65 bits per heavy atom. The summed E-state index contributed by atoms with van der Waals surface area (Å²) >= 11 is 0. The van der Waals surface area contributed by atoms with Crippen molar-refractivity contribution < 1.29 is 19.0 Å². The minimum absolute atomic E-state index is 0.212. The van der Waals surface area contributed by atoms with Crippen LogP contribution in [0.3, 0.4) is 0 Å². The van der Waals surface area contributed by atoms with Gasteiger partial charge in [-0.05, 0) is 17.7 Å². The molecule has 0 bridgehead atoms. The number of hydrogen-bond acceptors (Lipinski definition) is 5. The van der Waals surface area contributed by atoms with E-state index in [1.165, 1.54) is 7.11 Å². The van der Waals surface area contributed by atoms with E-state index < -0.39 is 0 Å². The third-order valence-corrected chi connectivity index (χ3v) is 2.18. The number of hydrogen-bond donors (Lipinski definition) is 1. The van der Waals surface area contributed by atoms with Crippen LogP contribution in [0.2, 0.25) is 0 Å². The van der Waals surface area contributed by atoms with Crippen molar-refractivity contribution in [3.05, 3.63) is 23.8 Å². The van der Waals surface area contributed by atoms with Gasteiger partial charge in [-0.2, -0.15) is 0 Å². The third kappa shape index (κ3) is 3.96. The number of esters is 1. The fourth-order valence-corrected chi connectivity index (χ4v) is 1.35. The highest BCUT2D eigenvalue weighted by Gasteiger charge is 2.08. The van der Waals surface area contributed by atoms with Gasteiger partial charge in [-0.15, -0.1) is 0 Å². The highest BCUT2D eigenvalue weighted by Crippen LogP contribution is 2.28. The number of methoxy groups -OCH3 is 2. The van der Waals surface area contributed by atoms with Crippen LogP contribution in [0.15, 0.2) is 18.2 Å². The van der Waals surface area contributed by atoms with E-state index in [4.69, 9.17) is 15.2 Å². The van der Waals surface area contributed by atoms with Crippen molar-refractivity contribution in [2.45, 2.75) is 6.42 Å². The van der Waals surface area contributed by atoms with Gasteiger partial charge in [0.1, 0.15) is 6.61 Å². The molecule has 0 aliphatic carbocycles. The lowest BCUT2D eigenvalue weighted by atomic mass is 10.1. The third-order valence-electron chi connectivity index (χ3n) is 2.18. The van der Waals surface area contributed by atoms with Crippen LogP contribution >= 0.6 is 0 Å². The number of carbonyl (C=O) groups is 1. The smallest absolute Gasteiger partial charge is 0.309 e. The van der Waals surface area contributed by atoms with E-state index in [9.17, 15) is 4.79 Å². The molecule has 0 amide bonds. The number of nitrogens with two attached hydrogens (primary N) is 1. The molecule has 5 nitrogen and oxygen atoms in total. The van der Waals surface area contributed by atoms with E-state index in [0.717, 1.165) is 5.56 Å². The molecule has 0 saturated heterocycles. The Kier molecular flexibility index (Phi) is 5.29. The summed E-state index contributed by atoms with van der Waals surface area (Å²) in [5, 5.41) is 0. The van der Waals surface area contributed by atoms with Crippen LogP contribution < -0.4 is 15.2 Å². The summed E-state index contributed by atoms with van der Waals surface area (Å²) in [5.74, 6) is 0.911. The van der Waals surface area contributed by atoms with Gasteiger partial charge >= 0.3 is 5.97 Å². The van der Waals surface area contributed by atoms with Crippen molar-refractivity contribution in [2.24, 2.45) is 5.73 Å². The lowest BCUT2D eigenvalue weighted by Crippen LogP contribution is -2.11. The molecule has 0 heterocycles. The van der Waals surface area contributed by atoms with Gasteiger partial charge in [0.25, 0.3) is 0 Å². The van der Waals surface area contributed by atoms with Crippen LogP contribution in [0.1, 0.15) is 5.56 Å². The minimum Gasteiger partial charge on any atom is -0.493 e. The highest BCUT2D eigenvalue weighted by atomic mass is 16.5. The minimum atomic E-state index is -0.289. The SMILES string of the molecule is COC(=O)Cc1ccc(OCCN)c(OC)c1. The standard InChI is InChI=1S/C12H17NO4/c1-15-11-7-9(8-12(14)16-2)3-4-10(11)17-6-5-13/h3-4,7H,5-6,8,13H2,1-2H3. The maximum atomic E-state index is 11.1. The second-order valence-electron chi connectivity index (χ2n) is 3.38. The lowest BCUT2D eigenvalue weighted by Gasteiger charge is -2.11. The van der Waals surface area contributed by atoms with Gasteiger partial charge in [0.05, 0.1) is 20.6 Å². The summed E-state index contributed by atoms with van der Waals surface area (Å²) in [6.07, 6.45) is 0.212. The Bertz CT molecular complexity index is 379. The molecule has 1 aromatic carbocycles. The first-order chi connectivity index (χ1) is 8.21. The van der Waals surface area contributed by atoms with Crippen molar-refractivity contribution >= 4 is 5.97 Å². The first-order valence-electron chi connectivity index (χ1n) is 5.28. The Morgan fingerprint density at radius 1 is 1.29 bits per heavy atom. The molecule has 0 aliphatic rings. The predicted molar refractivity (Wildman–Crippen MR) is 63.3 cm³/mol. The van der Waals surface area contributed by atoms with Crippen LogP contribution in [0.4, 0.5) is 0 Å². The summed E-state index contributed by atoms with van der Waals surface area (Å²) in [7, 11) is 2.91. The van der Waals surface area contributed by atoms with E-state index in [-0.39, 0.29) is 12.4 Å². The second-order valence-corrected chi connectivity index (χ2v) is 3.38. The predicted octanol–water partition coefficient (Wildman–Crippen LogP) is 0.748. The van der Waals surface area contributed by atoms with Gasteiger partial charge in [-0.1, -0.05) is 6.07 Å². The van der Waals surface area contributed by atoms with E-state index in [2.05, 4.69) is 4.74 Å². The Balaban J connectivity index is 2.80. The molecule has 17 heavy (non-hydrogen) atoms. The molecule has 0 radical (unpaired) electrons. The zero-order valence-electron chi connectivity index (χ0n) is 10.1. The number of benzene rings is 1. The summed E-state index contributed by atoms with van der Waals surface area (Å²) in [6, 6.07) is 5.31. The molecule has 0 atom stereocenters. The molecule has 2 N–H and O–H groups in total. The van der Waals surface area contributed by atoms with Crippen molar-refractivity contribution in [2.75, 3.05) is 27.4 Å². The van der Waals surface area contributed by atoms with Crippen LogP contribution in [0, 0.1) is 0 Å². The molecule has 0 saturated carbocycles. The molecular formula is C12H17NO4. The molecule has 5 heteroatoms. The molecule has 0 aromatic heterocycles. The Morgan fingerprint density at radius 2 is 2.06 bits per heavy atom. The fraction of sp³-hybridized carbons (Fsp3) is 0.417. The average Bonchev–Trinajstić information content (AvgIpc) is 2.36. The lowest BCUT2D eigenvalue weighted by molar-refractivity contribution is -0.139. The first kappa shape index (κ1) is 13.3. The first-order valence-corrected chi connectivity index (χ1v) is 5.28. The Hall–Kier alpha value is -1.75. The molecule has 0 spiro atoms. The summed E-state index contributed by atoms with van der Waals surface area (Å²) in [4.78, 5) is 11.1. The molecule has 94 valence electrons. The van der Waals surface area contributed by atoms with Crippen LogP contribution in [0.5, 0.6) is 11.5 Å². The summed E-state index contributed by atoms with van der Waals surface area (Å²) in [6.45, 7) is 0.861. The molecule has 1 rings (SSSR count). The maximum Gasteiger partial charge on any atom is 0.309 e. The molecule has 0 fully saturated rings. The number of rotatable bonds is 6. The largest absolute Gasteiger partial charge is 0.493 e. The van der Waals surface area contributed by atoms with Crippen molar-refractivity contribution in [1.29, 1.82) is 0 Å². The normalized spacial score (nSPS) is 9.82. The number of carbonyl (C=O) groups excluding carboxylic acids is 1. The van der Waals surface area contributed by atoms with Crippen LogP contribution in [-0.4, -0.2) is 33.3 Å². The van der Waals surface area contributed by atoms with Gasteiger partial charge in [0.2, 0.25) is 0 Å². The van der Waals surface area contributed by atoms with Gasteiger partial charge in [0.15, 0.2) is 11.5 Å². The van der Waals surface area contributed by atoms with Crippen molar-refractivity contribution in [1.82, 2.24) is 0 Å². The second kappa shape index (κ2) is 6.75. The van der Waals surface area contributed by atoms with Crippen LogP contribution in [0.25, 0.3) is 0 Å². The molecule has 1 aromatic rings. The summed E-state index contributed by atoms with van der Waals surface area (Å²) < 4.78 is 15.2. The number of ether oxygens (including phenoxy) is 3. The zero-order chi connectivity index (χ0) is 12.7. The van der Waals surface area contributed by atoms with E-state index in [1.807, 2.05) is 0 Å². The molecular weight excluding hydrogens is 222 g/mol. The quantitative estimate of drug-likeness (QED) is 0.742. The average molecular weight is 239 g/mol. The van der Waals surface area contributed by atoms with Crippen LogP contribution in [-0.2, 0) is 16.0 Å². The van der Waals surface area contributed by atoms with Gasteiger partial charge in [-0.3, -0.25) is 4.79 Å². The van der Waals surface area contributed by atoms with E-state index in [1.54, 1.807) is 25.3 Å².